The molecule has 0 saturated carbocycles. The number of likely N-dealkylation sites (N-methyl/N-ethyl adjacent to an activating group) is 1. The van der Waals surface area contributed by atoms with Crippen molar-refractivity contribution in [2.45, 2.75) is 39.2 Å². The molecule has 1 aliphatic rings. The molecule has 0 aromatic heterocycles. The maximum Gasteiger partial charge on any atom is 0.308 e. The number of esters is 1. The predicted octanol–water partition coefficient (Wildman–Crippen LogP) is -0.344. The van der Waals surface area contributed by atoms with E-state index < -0.39 is 12.0 Å². The second-order valence-corrected chi connectivity index (χ2v) is 4.95. The molecule has 7 heteroatoms. The van der Waals surface area contributed by atoms with E-state index in [2.05, 4.69) is 10.6 Å². The second-order valence-electron chi connectivity index (χ2n) is 4.95. The van der Waals surface area contributed by atoms with Crippen LogP contribution < -0.4 is 10.6 Å². The van der Waals surface area contributed by atoms with Gasteiger partial charge in [-0.3, -0.25) is 14.4 Å². The summed E-state index contributed by atoms with van der Waals surface area (Å²) in [6.07, 6.45) is 1.64. The van der Waals surface area contributed by atoms with E-state index in [0.717, 1.165) is 12.8 Å². The third-order valence-corrected chi connectivity index (χ3v) is 3.30. The Kier molecular flexibility index (Phi) is 7.74. The largest absolute Gasteiger partial charge is 0.466 e. The first kappa shape index (κ1) is 17.4. The topological polar surface area (TPSA) is 87.7 Å². The van der Waals surface area contributed by atoms with Crippen LogP contribution in [0.1, 0.15) is 33.1 Å². The van der Waals surface area contributed by atoms with E-state index in [0.29, 0.717) is 26.2 Å². The lowest BCUT2D eigenvalue weighted by molar-refractivity contribution is -0.151. The number of amides is 2. The minimum atomic E-state index is -0.765. The lowest BCUT2D eigenvalue weighted by Crippen LogP contribution is -2.59. The fraction of sp³-hybridized carbons (Fsp3) is 0.786. The highest BCUT2D eigenvalue weighted by Gasteiger charge is 2.34. The van der Waals surface area contributed by atoms with Crippen molar-refractivity contribution >= 4 is 17.8 Å². The van der Waals surface area contributed by atoms with Crippen molar-refractivity contribution in [3.8, 4) is 0 Å². The van der Waals surface area contributed by atoms with Crippen molar-refractivity contribution in [3.63, 3.8) is 0 Å². The number of nitrogens with zero attached hydrogens (tertiary/aromatic N) is 1. The van der Waals surface area contributed by atoms with Gasteiger partial charge in [-0.05, 0) is 13.0 Å². The van der Waals surface area contributed by atoms with Crippen LogP contribution in [0.15, 0.2) is 0 Å². The third kappa shape index (κ3) is 5.71. The maximum atomic E-state index is 12.1. The molecule has 1 aliphatic heterocycles. The van der Waals surface area contributed by atoms with E-state index in [1.807, 2.05) is 13.8 Å². The average molecular weight is 299 g/mol. The normalized spacial score (nSPS) is 18.3. The van der Waals surface area contributed by atoms with E-state index in [4.69, 9.17) is 4.74 Å². The van der Waals surface area contributed by atoms with Gasteiger partial charge in [-0.15, -0.1) is 0 Å². The number of hydrogen-bond donors (Lipinski definition) is 2. The van der Waals surface area contributed by atoms with Crippen molar-refractivity contribution in [1.82, 2.24) is 15.5 Å². The standard InChI is InChI=1S/C14H25N3O4/c1-3-5-8-21-13(19)9-11-14(20)16-6-7-17(11)12(18)10-15-4-2/h11,15H,3-10H2,1-2H3,(H,16,20). The van der Waals surface area contributed by atoms with Gasteiger partial charge >= 0.3 is 5.97 Å². The number of carbonyl (C=O) groups excluding carboxylic acids is 3. The molecule has 2 N–H and O–H groups in total. The molecule has 7 nitrogen and oxygen atoms in total. The zero-order valence-electron chi connectivity index (χ0n) is 12.8. The van der Waals surface area contributed by atoms with Crippen LogP contribution in [-0.2, 0) is 19.1 Å². The second kappa shape index (κ2) is 9.33. The highest BCUT2D eigenvalue weighted by molar-refractivity contribution is 5.92. The van der Waals surface area contributed by atoms with Gasteiger partial charge < -0.3 is 20.3 Å². The third-order valence-electron chi connectivity index (χ3n) is 3.30. The van der Waals surface area contributed by atoms with E-state index in [9.17, 15) is 14.4 Å². The van der Waals surface area contributed by atoms with E-state index in [1.165, 1.54) is 4.90 Å². The number of piperazine rings is 1. The van der Waals surface area contributed by atoms with Gasteiger partial charge in [0.05, 0.1) is 19.6 Å². The van der Waals surface area contributed by atoms with Gasteiger partial charge in [0, 0.05) is 13.1 Å². The molecule has 2 amide bonds. The van der Waals surface area contributed by atoms with Crippen molar-refractivity contribution in [2.24, 2.45) is 0 Å². The van der Waals surface area contributed by atoms with Crippen molar-refractivity contribution in [3.05, 3.63) is 0 Å². The lowest BCUT2D eigenvalue weighted by atomic mass is 10.1. The molecule has 1 atom stereocenters. The molecule has 1 fully saturated rings. The van der Waals surface area contributed by atoms with E-state index >= 15 is 0 Å². The average Bonchev–Trinajstić information content (AvgIpc) is 2.47. The molecule has 0 aliphatic carbocycles. The molecule has 0 radical (unpaired) electrons. The van der Waals surface area contributed by atoms with Crippen molar-refractivity contribution < 1.29 is 19.1 Å². The zero-order chi connectivity index (χ0) is 15.7. The minimum absolute atomic E-state index is 0.0899. The van der Waals surface area contributed by atoms with Crippen LogP contribution in [0.2, 0.25) is 0 Å². The Morgan fingerprint density at radius 2 is 2.19 bits per heavy atom. The molecule has 0 aromatic rings. The van der Waals surface area contributed by atoms with Gasteiger partial charge in [0.2, 0.25) is 11.8 Å². The molecule has 1 rings (SSSR count). The Hall–Kier alpha value is -1.63. The van der Waals surface area contributed by atoms with Gasteiger partial charge in [0.15, 0.2) is 0 Å². The molecular weight excluding hydrogens is 274 g/mol. The summed E-state index contributed by atoms with van der Waals surface area (Å²) in [5, 5.41) is 5.62. The Balaban J connectivity index is 2.57. The summed E-state index contributed by atoms with van der Waals surface area (Å²) < 4.78 is 5.07. The fourth-order valence-corrected chi connectivity index (χ4v) is 2.10. The van der Waals surface area contributed by atoms with Gasteiger partial charge in [-0.1, -0.05) is 20.3 Å². The fourth-order valence-electron chi connectivity index (χ4n) is 2.10. The summed E-state index contributed by atoms with van der Waals surface area (Å²) in [6, 6.07) is -0.765. The highest BCUT2D eigenvalue weighted by Crippen LogP contribution is 2.10. The van der Waals surface area contributed by atoms with Crippen LogP contribution >= 0.6 is 0 Å². The number of ether oxygens (including phenoxy) is 1. The molecular formula is C14H25N3O4. The summed E-state index contributed by atoms with van der Waals surface area (Å²) >= 11 is 0. The first-order valence-corrected chi connectivity index (χ1v) is 7.53. The molecule has 1 saturated heterocycles. The van der Waals surface area contributed by atoms with Gasteiger partial charge in [-0.25, -0.2) is 0 Å². The van der Waals surface area contributed by atoms with E-state index in [-0.39, 0.29) is 24.8 Å². The van der Waals surface area contributed by atoms with Gasteiger partial charge in [0.25, 0.3) is 0 Å². The van der Waals surface area contributed by atoms with Gasteiger partial charge in [-0.2, -0.15) is 0 Å². The Labute approximate surface area is 125 Å². The molecule has 0 aromatic carbocycles. The monoisotopic (exact) mass is 299 g/mol. The molecule has 0 spiro atoms. The van der Waals surface area contributed by atoms with Crippen LogP contribution in [0.25, 0.3) is 0 Å². The number of nitrogens with one attached hydrogen (secondary N) is 2. The Bertz CT molecular complexity index is 373. The quantitative estimate of drug-likeness (QED) is 0.473. The van der Waals surface area contributed by atoms with Crippen molar-refractivity contribution in [2.75, 3.05) is 32.8 Å². The van der Waals surface area contributed by atoms with Crippen molar-refractivity contribution in [1.29, 1.82) is 0 Å². The number of carbonyl (C=O) groups is 3. The predicted molar refractivity (Wildman–Crippen MR) is 77.5 cm³/mol. The van der Waals surface area contributed by atoms with Crippen LogP contribution in [0.4, 0.5) is 0 Å². The molecule has 1 heterocycles. The SMILES string of the molecule is CCCCOC(=O)CC1C(=O)NCCN1C(=O)CNCC. The lowest BCUT2D eigenvalue weighted by Gasteiger charge is -2.34. The Morgan fingerprint density at radius 3 is 2.86 bits per heavy atom. The number of hydrogen-bond acceptors (Lipinski definition) is 5. The molecule has 120 valence electrons. The summed E-state index contributed by atoms with van der Waals surface area (Å²) in [6.45, 7) is 5.94. The first-order valence-electron chi connectivity index (χ1n) is 7.53. The molecule has 21 heavy (non-hydrogen) atoms. The summed E-state index contributed by atoms with van der Waals surface area (Å²) in [5.41, 5.74) is 0. The van der Waals surface area contributed by atoms with Crippen LogP contribution in [0.3, 0.4) is 0 Å². The zero-order valence-corrected chi connectivity index (χ0v) is 12.8. The van der Waals surface area contributed by atoms with Gasteiger partial charge in [0.1, 0.15) is 6.04 Å². The Morgan fingerprint density at radius 1 is 1.43 bits per heavy atom. The van der Waals surface area contributed by atoms with E-state index in [1.54, 1.807) is 0 Å². The minimum Gasteiger partial charge on any atom is -0.466 e. The summed E-state index contributed by atoms with van der Waals surface area (Å²) in [5.74, 6) is -0.900. The molecule has 0 bridgehead atoms. The smallest absolute Gasteiger partial charge is 0.308 e. The number of unbranched alkanes of at least 4 members (excludes halogenated alkanes) is 1. The van der Waals surface area contributed by atoms with Crippen LogP contribution in [0.5, 0.6) is 0 Å². The number of rotatable bonds is 8. The van der Waals surface area contributed by atoms with Crippen LogP contribution in [0, 0.1) is 0 Å². The summed E-state index contributed by atoms with van der Waals surface area (Å²) in [4.78, 5) is 37.2. The molecule has 1 unspecified atom stereocenters. The highest BCUT2D eigenvalue weighted by atomic mass is 16.5. The van der Waals surface area contributed by atoms with Crippen LogP contribution in [-0.4, -0.2) is 61.5 Å². The maximum absolute atomic E-state index is 12.1. The first-order chi connectivity index (χ1) is 10.1. The summed E-state index contributed by atoms with van der Waals surface area (Å²) in [7, 11) is 0.